The maximum absolute atomic E-state index is 2.52. The number of fused-ring (bicyclic) bond motifs is 12. The molecule has 0 atom stereocenters. The van der Waals surface area contributed by atoms with E-state index in [0.29, 0.717) is 0 Å². The third-order valence-electron chi connectivity index (χ3n) is 15.4. The molecule has 71 heavy (non-hydrogen) atoms. The minimum atomic E-state index is -0.165. The van der Waals surface area contributed by atoms with Crippen LogP contribution in [-0.4, -0.2) is 0 Å². The number of anilines is 6. The van der Waals surface area contributed by atoms with Crippen molar-refractivity contribution in [2.45, 2.75) is 38.8 Å². The SMILES string of the molecule is CC1(C)c2ccccc2-c2ccc(-c3c4cc(N5c6ccccc6Sc6ccccc65)ccc4c(-c4cc5ccccc5c5ccccc45)c4cc(N5c6ccccc6Sc6ccccc65)ccc34)cc21. The van der Waals surface area contributed by atoms with Crippen molar-refractivity contribution in [1.82, 2.24) is 0 Å². The summed E-state index contributed by atoms with van der Waals surface area (Å²) in [6, 6.07) is 86.7. The highest BCUT2D eigenvalue weighted by Crippen LogP contribution is 2.57. The highest BCUT2D eigenvalue weighted by atomic mass is 32.2. The van der Waals surface area contributed by atoms with Gasteiger partial charge in [0.15, 0.2) is 0 Å². The first-order chi connectivity index (χ1) is 35.0. The van der Waals surface area contributed by atoms with Crippen molar-refractivity contribution < 1.29 is 0 Å². The Balaban J connectivity index is 1.09. The monoisotopic (exact) mass is 940 g/mol. The number of para-hydroxylation sites is 4. The van der Waals surface area contributed by atoms with E-state index in [4.69, 9.17) is 0 Å². The van der Waals surface area contributed by atoms with E-state index in [-0.39, 0.29) is 5.41 Å². The molecular weight excluding hydrogens is 897 g/mol. The van der Waals surface area contributed by atoms with Gasteiger partial charge in [-0.15, -0.1) is 0 Å². The molecule has 1 aliphatic carbocycles. The second-order valence-electron chi connectivity index (χ2n) is 19.6. The fraction of sp³-hybridized carbons (Fsp3) is 0.0448. The molecule has 12 aromatic carbocycles. The zero-order valence-corrected chi connectivity index (χ0v) is 40.8. The Kier molecular flexibility index (Phi) is 8.91. The molecular formula is C67H44N2S2. The molecule has 15 rings (SSSR count). The van der Waals surface area contributed by atoms with Crippen LogP contribution in [-0.2, 0) is 5.41 Å². The van der Waals surface area contributed by atoms with Crippen molar-refractivity contribution in [2.24, 2.45) is 0 Å². The van der Waals surface area contributed by atoms with Gasteiger partial charge in [-0.1, -0.05) is 183 Å². The van der Waals surface area contributed by atoms with E-state index in [2.05, 4.69) is 254 Å². The van der Waals surface area contributed by atoms with Crippen LogP contribution < -0.4 is 9.80 Å². The summed E-state index contributed by atoms with van der Waals surface area (Å²) < 4.78 is 0. The molecule has 4 heteroatoms. The molecule has 3 aliphatic rings. The minimum absolute atomic E-state index is 0.165. The zero-order chi connectivity index (χ0) is 47.0. The van der Waals surface area contributed by atoms with Gasteiger partial charge in [-0.05, 0) is 173 Å². The van der Waals surface area contributed by atoms with Gasteiger partial charge in [0.1, 0.15) is 0 Å². The van der Waals surface area contributed by atoms with E-state index in [1.54, 1.807) is 0 Å². The lowest BCUT2D eigenvalue weighted by Crippen LogP contribution is -2.15. The van der Waals surface area contributed by atoms with Crippen LogP contribution >= 0.6 is 23.5 Å². The van der Waals surface area contributed by atoms with Crippen molar-refractivity contribution in [3.8, 4) is 33.4 Å². The fourth-order valence-electron chi connectivity index (χ4n) is 12.2. The Hall–Kier alpha value is -8.02. The molecule has 0 saturated carbocycles. The van der Waals surface area contributed by atoms with E-state index in [9.17, 15) is 0 Å². The number of hydrogen-bond acceptors (Lipinski definition) is 4. The summed E-state index contributed by atoms with van der Waals surface area (Å²) in [5.74, 6) is 0. The molecule has 2 aliphatic heterocycles. The average Bonchev–Trinajstić information content (AvgIpc) is 3.65. The van der Waals surface area contributed by atoms with Gasteiger partial charge in [0.05, 0.1) is 22.7 Å². The standard InChI is InChI=1S/C67H44N2S2/c1-67(2)55-22-8-7-21-48(55)49-34-31-42(38-56(49)67)65-50-35-32-44(69-59-25-11-15-29-63(59)71-64-30-16-12-26-60(64)69)40-54(50)66(52-37-41-17-3-4-18-45(41)46-19-5-6-20-47(46)52)51-36-33-43(39-53(51)65)68-57-23-9-13-27-61(57)70-62-28-14-10-24-58(62)68/h3-40H,1-2H3. The zero-order valence-electron chi connectivity index (χ0n) is 39.2. The molecule has 0 amide bonds. The summed E-state index contributed by atoms with van der Waals surface area (Å²) in [7, 11) is 0. The third kappa shape index (κ3) is 6.05. The molecule has 0 bridgehead atoms. The lowest BCUT2D eigenvalue weighted by molar-refractivity contribution is 0.660. The van der Waals surface area contributed by atoms with E-state index >= 15 is 0 Å². The van der Waals surface area contributed by atoms with Crippen LogP contribution in [0.3, 0.4) is 0 Å². The van der Waals surface area contributed by atoms with Gasteiger partial charge < -0.3 is 9.80 Å². The predicted octanol–water partition coefficient (Wildman–Crippen LogP) is 19.8. The number of rotatable bonds is 4. The van der Waals surface area contributed by atoms with Crippen molar-refractivity contribution in [1.29, 1.82) is 0 Å². The first-order valence-corrected chi connectivity index (χ1v) is 26.1. The fourth-order valence-corrected chi connectivity index (χ4v) is 14.3. The molecule has 0 N–H and O–H groups in total. The Bertz CT molecular complexity index is 4150. The summed E-state index contributed by atoms with van der Waals surface area (Å²) >= 11 is 3.70. The van der Waals surface area contributed by atoms with E-state index in [1.165, 1.54) is 130 Å². The van der Waals surface area contributed by atoms with Gasteiger partial charge in [-0.2, -0.15) is 0 Å². The third-order valence-corrected chi connectivity index (χ3v) is 17.6. The summed E-state index contributed by atoms with van der Waals surface area (Å²) in [5.41, 5.74) is 17.2. The van der Waals surface area contributed by atoms with Crippen molar-refractivity contribution in [3.05, 3.63) is 242 Å². The molecule has 334 valence electrons. The smallest absolute Gasteiger partial charge is 0.0601 e. The molecule has 0 spiro atoms. The largest absolute Gasteiger partial charge is 0.308 e. The Morgan fingerprint density at radius 1 is 0.310 bits per heavy atom. The second kappa shape index (κ2) is 15.5. The number of benzene rings is 12. The maximum atomic E-state index is 2.52. The van der Waals surface area contributed by atoms with E-state index in [0.717, 1.165) is 11.4 Å². The number of hydrogen-bond donors (Lipinski definition) is 0. The Labute approximate surface area is 421 Å². The van der Waals surface area contributed by atoms with Gasteiger partial charge in [0, 0.05) is 36.4 Å². The number of nitrogens with zero attached hydrogens (tertiary/aromatic N) is 2. The van der Waals surface area contributed by atoms with Crippen molar-refractivity contribution >= 4 is 101 Å². The van der Waals surface area contributed by atoms with Crippen molar-refractivity contribution in [2.75, 3.05) is 9.80 Å². The highest BCUT2D eigenvalue weighted by molar-refractivity contribution is 8.00. The average molecular weight is 941 g/mol. The predicted molar refractivity (Wildman–Crippen MR) is 303 cm³/mol. The summed E-state index contributed by atoms with van der Waals surface area (Å²) in [6.07, 6.45) is 0. The molecule has 0 fully saturated rings. The molecule has 0 saturated heterocycles. The Morgan fingerprint density at radius 2 is 0.775 bits per heavy atom. The lowest BCUT2D eigenvalue weighted by atomic mass is 9.80. The first-order valence-electron chi connectivity index (χ1n) is 24.5. The van der Waals surface area contributed by atoms with Crippen LogP contribution in [0.15, 0.2) is 250 Å². The molecule has 0 radical (unpaired) electrons. The quantitative estimate of drug-likeness (QED) is 0.128. The molecule has 0 aromatic heterocycles. The minimum Gasteiger partial charge on any atom is -0.308 e. The van der Waals surface area contributed by atoms with Crippen LogP contribution in [0.2, 0.25) is 0 Å². The molecule has 2 nitrogen and oxygen atoms in total. The molecule has 2 heterocycles. The van der Waals surface area contributed by atoms with E-state index in [1.807, 2.05) is 23.5 Å². The second-order valence-corrected chi connectivity index (χ2v) is 21.7. The Morgan fingerprint density at radius 3 is 1.38 bits per heavy atom. The normalized spacial score (nSPS) is 14.0. The van der Waals surface area contributed by atoms with Gasteiger partial charge in [0.25, 0.3) is 0 Å². The van der Waals surface area contributed by atoms with Gasteiger partial charge in [-0.25, -0.2) is 0 Å². The maximum Gasteiger partial charge on any atom is 0.0601 e. The van der Waals surface area contributed by atoms with Gasteiger partial charge in [0.2, 0.25) is 0 Å². The summed E-state index contributed by atoms with van der Waals surface area (Å²) in [6.45, 7) is 4.79. The molecule has 0 unspecified atom stereocenters. The highest BCUT2D eigenvalue weighted by Gasteiger charge is 2.36. The van der Waals surface area contributed by atoms with Crippen LogP contribution in [0.1, 0.15) is 25.0 Å². The lowest BCUT2D eigenvalue weighted by Gasteiger charge is -2.34. The first kappa shape index (κ1) is 40.8. The summed E-state index contributed by atoms with van der Waals surface area (Å²) in [4.78, 5) is 9.96. The van der Waals surface area contributed by atoms with Crippen molar-refractivity contribution in [3.63, 3.8) is 0 Å². The molecule has 12 aromatic rings. The van der Waals surface area contributed by atoms with Gasteiger partial charge in [-0.3, -0.25) is 0 Å². The summed E-state index contributed by atoms with van der Waals surface area (Å²) in [5, 5.41) is 9.89. The van der Waals surface area contributed by atoms with Crippen LogP contribution in [0.4, 0.5) is 34.1 Å². The van der Waals surface area contributed by atoms with E-state index < -0.39 is 0 Å². The van der Waals surface area contributed by atoms with Crippen LogP contribution in [0, 0.1) is 0 Å². The van der Waals surface area contributed by atoms with Crippen LogP contribution in [0.25, 0.3) is 76.5 Å². The van der Waals surface area contributed by atoms with Gasteiger partial charge >= 0.3 is 0 Å². The van der Waals surface area contributed by atoms with Crippen LogP contribution in [0.5, 0.6) is 0 Å². The topological polar surface area (TPSA) is 6.48 Å².